The predicted octanol–water partition coefficient (Wildman–Crippen LogP) is 3.11. The number of aromatic nitrogens is 2. The lowest BCUT2D eigenvalue weighted by Crippen LogP contribution is -2.35. The van der Waals surface area contributed by atoms with Crippen LogP contribution in [0.25, 0.3) is 11.3 Å². The summed E-state index contributed by atoms with van der Waals surface area (Å²) >= 11 is 0. The maximum atomic E-state index is 11.9. The van der Waals surface area contributed by atoms with Crippen molar-refractivity contribution in [3.05, 3.63) is 77.6 Å². The van der Waals surface area contributed by atoms with Crippen LogP contribution < -0.4 is 16.4 Å². The van der Waals surface area contributed by atoms with E-state index in [0.717, 1.165) is 11.1 Å². The van der Waals surface area contributed by atoms with Crippen molar-refractivity contribution in [3.63, 3.8) is 0 Å². The van der Waals surface area contributed by atoms with E-state index >= 15 is 0 Å². The average molecular weight is 375 g/mol. The van der Waals surface area contributed by atoms with Gasteiger partial charge in [0.15, 0.2) is 11.5 Å². The van der Waals surface area contributed by atoms with Crippen LogP contribution in [0.15, 0.2) is 60.8 Å². The van der Waals surface area contributed by atoms with E-state index < -0.39 is 0 Å². The molecule has 6 nitrogen and oxygen atoms in total. The van der Waals surface area contributed by atoms with Crippen molar-refractivity contribution in [2.45, 2.75) is 25.9 Å². The summed E-state index contributed by atoms with van der Waals surface area (Å²) in [5.41, 5.74) is 9.58. The number of hydrogen-bond acceptors (Lipinski definition) is 5. The van der Waals surface area contributed by atoms with Gasteiger partial charge in [-0.2, -0.15) is 0 Å². The fourth-order valence-corrected chi connectivity index (χ4v) is 2.94. The maximum Gasteiger partial charge on any atom is 0.273 e. The predicted molar refractivity (Wildman–Crippen MR) is 112 cm³/mol. The quantitative estimate of drug-likeness (QED) is 0.616. The molecule has 28 heavy (non-hydrogen) atoms. The Morgan fingerprint density at radius 2 is 1.86 bits per heavy atom. The fourth-order valence-electron chi connectivity index (χ4n) is 2.94. The topological polar surface area (TPSA) is 92.9 Å². The van der Waals surface area contributed by atoms with E-state index in [0.29, 0.717) is 12.2 Å². The first-order valence-corrected chi connectivity index (χ1v) is 9.15. The van der Waals surface area contributed by atoms with E-state index in [1.807, 2.05) is 36.4 Å². The molecule has 0 aliphatic rings. The number of carbonyl (C=O) groups is 1. The lowest BCUT2D eigenvalue weighted by Gasteiger charge is -2.27. The second-order valence-corrected chi connectivity index (χ2v) is 7.11. The number of benzene rings is 2. The molecule has 0 radical (unpaired) electrons. The van der Waals surface area contributed by atoms with Gasteiger partial charge in [-0.05, 0) is 31.0 Å². The number of amides is 1. The zero-order valence-corrected chi connectivity index (χ0v) is 16.4. The number of nitrogens with one attached hydrogen (secondary N) is 2. The molecule has 144 valence electrons. The van der Waals surface area contributed by atoms with Crippen molar-refractivity contribution in [2.75, 3.05) is 12.8 Å². The Balaban J connectivity index is 1.80. The van der Waals surface area contributed by atoms with E-state index in [9.17, 15) is 4.79 Å². The van der Waals surface area contributed by atoms with E-state index in [4.69, 9.17) is 5.73 Å². The summed E-state index contributed by atoms with van der Waals surface area (Å²) in [5, 5.41) is 6.13. The molecule has 0 fully saturated rings. The molecule has 0 bridgehead atoms. The molecule has 2 aromatic carbocycles. The summed E-state index contributed by atoms with van der Waals surface area (Å²) < 4.78 is 0. The lowest BCUT2D eigenvalue weighted by atomic mass is 9.94. The molecule has 0 unspecified atom stereocenters. The Hall–Kier alpha value is -3.25. The number of nitrogens with two attached hydrogens (primary N) is 1. The molecule has 0 atom stereocenters. The lowest BCUT2D eigenvalue weighted by molar-refractivity contribution is 0.0959. The van der Waals surface area contributed by atoms with Gasteiger partial charge < -0.3 is 16.4 Å². The Kier molecular flexibility index (Phi) is 5.70. The first-order valence-electron chi connectivity index (χ1n) is 9.15. The Morgan fingerprint density at radius 3 is 2.57 bits per heavy atom. The number of hydrogen-bond donors (Lipinski definition) is 3. The smallest absolute Gasteiger partial charge is 0.273 e. The van der Waals surface area contributed by atoms with Crippen molar-refractivity contribution in [1.29, 1.82) is 0 Å². The largest absolute Gasteiger partial charge is 0.382 e. The third-order valence-electron chi connectivity index (χ3n) is 4.70. The van der Waals surface area contributed by atoms with Crippen LogP contribution >= 0.6 is 0 Å². The molecular formula is C22H25N5O. The molecule has 6 heteroatoms. The van der Waals surface area contributed by atoms with Crippen LogP contribution in [0, 0.1) is 0 Å². The molecule has 0 aliphatic carbocycles. The number of nitrogen functional groups attached to an aromatic ring is 1. The van der Waals surface area contributed by atoms with Crippen LogP contribution in [-0.2, 0) is 12.1 Å². The number of anilines is 1. The first-order chi connectivity index (χ1) is 13.4. The van der Waals surface area contributed by atoms with Crippen LogP contribution in [0.5, 0.6) is 0 Å². The van der Waals surface area contributed by atoms with Crippen molar-refractivity contribution in [3.8, 4) is 11.3 Å². The summed E-state index contributed by atoms with van der Waals surface area (Å²) in [6.45, 7) is 5.01. The van der Waals surface area contributed by atoms with Gasteiger partial charge in [0.1, 0.15) is 0 Å². The van der Waals surface area contributed by atoms with Gasteiger partial charge in [0.05, 0.1) is 11.9 Å². The van der Waals surface area contributed by atoms with Gasteiger partial charge in [-0.15, -0.1) is 0 Å². The molecule has 1 heterocycles. The Labute approximate surface area is 165 Å². The minimum atomic E-state index is -0.353. The zero-order chi connectivity index (χ0) is 20.1. The van der Waals surface area contributed by atoms with Crippen LogP contribution in [0.3, 0.4) is 0 Å². The molecule has 1 amide bonds. The van der Waals surface area contributed by atoms with Crippen LogP contribution in [0.2, 0.25) is 0 Å². The summed E-state index contributed by atoms with van der Waals surface area (Å²) in [7, 11) is 1.54. The summed E-state index contributed by atoms with van der Waals surface area (Å²) in [5.74, 6) is -0.236. The summed E-state index contributed by atoms with van der Waals surface area (Å²) in [4.78, 5) is 20.4. The molecular weight excluding hydrogens is 350 g/mol. The number of nitrogens with zero attached hydrogens (tertiary/aromatic N) is 2. The van der Waals surface area contributed by atoms with Gasteiger partial charge in [0.2, 0.25) is 0 Å². The Morgan fingerprint density at radius 1 is 1.11 bits per heavy atom. The second-order valence-electron chi connectivity index (χ2n) is 7.11. The SMILES string of the molecule is CNC(=O)c1nc(-c2cccc(CNC(C)(C)c3ccccc3)c2)cnc1N. The van der Waals surface area contributed by atoms with E-state index in [2.05, 4.69) is 52.6 Å². The van der Waals surface area contributed by atoms with E-state index in [-0.39, 0.29) is 23.0 Å². The zero-order valence-electron chi connectivity index (χ0n) is 16.4. The van der Waals surface area contributed by atoms with Crippen molar-refractivity contribution < 1.29 is 4.79 Å². The molecule has 1 aromatic heterocycles. The van der Waals surface area contributed by atoms with Gasteiger partial charge in [-0.25, -0.2) is 9.97 Å². The van der Waals surface area contributed by atoms with Crippen molar-refractivity contribution in [1.82, 2.24) is 20.6 Å². The second kappa shape index (κ2) is 8.19. The highest BCUT2D eigenvalue weighted by molar-refractivity contribution is 5.96. The molecule has 3 rings (SSSR count). The minimum Gasteiger partial charge on any atom is -0.382 e. The normalized spacial score (nSPS) is 11.2. The average Bonchev–Trinajstić information content (AvgIpc) is 2.73. The molecule has 0 aliphatic heterocycles. The molecule has 0 saturated heterocycles. The van der Waals surface area contributed by atoms with Gasteiger partial charge in [0, 0.05) is 24.7 Å². The summed E-state index contributed by atoms with van der Waals surface area (Å²) in [6.07, 6.45) is 1.59. The van der Waals surface area contributed by atoms with Crippen molar-refractivity contribution >= 4 is 11.7 Å². The first kappa shape index (κ1) is 19.5. The third-order valence-corrected chi connectivity index (χ3v) is 4.70. The van der Waals surface area contributed by atoms with E-state index in [1.165, 1.54) is 12.6 Å². The Bertz CT molecular complexity index is 970. The standard InChI is InChI=1S/C22H25N5O/c1-22(2,17-10-5-4-6-11-17)26-13-15-8-7-9-16(12-15)18-14-25-20(23)19(27-18)21(28)24-3/h4-12,14,26H,13H2,1-3H3,(H2,23,25)(H,24,28). The van der Waals surface area contributed by atoms with E-state index in [1.54, 1.807) is 6.20 Å². The molecule has 0 spiro atoms. The van der Waals surface area contributed by atoms with Crippen LogP contribution in [0.4, 0.5) is 5.82 Å². The number of carbonyl (C=O) groups excluding carboxylic acids is 1. The fraction of sp³-hybridized carbons (Fsp3) is 0.227. The molecule has 4 N–H and O–H groups in total. The number of rotatable bonds is 6. The highest BCUT2D eigenvalue weighted by Gasteiger charge is 2.19. The highest BCUT2D eigenvalue weighted by Crippen LogP contribution is 2.22. The summed E-state index contributed by atoms with van der Waals surface area (Å²) in [6, 6.07) is 18.4. The van der Waals surface area contributed by atoms with Crippen LogP contribution in [0.1, 0.15) is 35.5 Å². The highest BCUT2D eigenvalue weighted by atomic mass is 16.1. The monoisotopic (exact) mass is 375 g/mol. The van der Waals surface area contributed by atoms with Crippen LogP contribution in [-0.4, -0.2) is 22.9 Å². The van der Waals surface area contributed by atoms with Gasteiger partial charge in [-0.3, -0.25) is 4.79 Å². The van der Waals surface area contributed by atoms with Crippen molar-refractivity contribution in [2.24, 2.45) is 0 Å². The molecule has 0 saturated carbocycles. The minimum absolute atomic E-state index is 0.116. The van der Waals surface area contributed by atoms with Gasteiger partial charge in [-0.1, -0.05) is 48.5 Å². The third kappa shape index (κ3) is 4.35. The maximum absolute atomic E-state index is 11.9. The van der Waals surface area contributed by atoms with Gasteiger partial charge >= 0.3 is 0 Å². The van der Waals surface area contributed by atoms with Gasteiger partial charge in [0.25, 0.3) is 5.91 Å². The molecule has 3 aromatic rings.